The highest BCUT2D eigenvalue weighted by atomic mass is 32.2. The van der Waals surface area contributed by atoms with E-state index in [0.717, 1.165) is 22.0 Å². The Kier molecular flexibility index (Phi) is 6.08. The molecule has 1 amide bonds. The van der Waals surface area contributed by atoms with Crippen LogP contribution in [0.15, 0.2) is 41.8 Å². The second kappa shape index (κ2) is 8.33. The van der Waals surface area contributed by atoms with E-state index in [1.165, 1.54) is 11.1 Å². The number of carbonyl (C=O) groups is 1. The second-order valence-electron chi connectivity index (χ2n) is 6.29. The molecular formula is C19H20N2O3S3. The van der Waals surface area contributed by atoms with Gasteiger partial charge in [-0.2, -0.15) is 0 Å². The van der Waals surface area contributed by atoms with Crippen molar-refractivity contribution in [3.8, 4) is 10.6 Å². The lowest BCUT2D eigenvalue weighted by molar-refractivity contribution is 0.0954. The zero-order chi connectivity index (χ0) is 19.4. The van der Waals surface area contributed by atoms with Gasteiger partial charge in [-0.15, -0.1) is 22.7 Å². The van der Waals surface area contributed by atoms with Gasteiger partial charge in [-0.1, -0.05) is 12.1 Å². The maximum absolute atomic E-state index is 12.3. The van der Waals surface area contributed by atoms with Crippen LogP contribution in [-0.4, -0.2) is 32.1 Å². The van der Waals surface area contributed by atoms with Gasteiger partial charge in [-0.25, -0.2) is 13.4 Å². The maximum Gasteiger partial charge on any atom is 0.251 e. The second-order valence-corrected chi connectivity index (χ2v) is 10.7. The Balaban J connectivity index is 1.55. The number of thiophene rings is 1. The number of hydrogen-bond donors (Lipinski definition) is 1. The van der Waals surface area contributed by atoms with Crippen LogP contribution in [0.2, 0.25) is 0 Å². The fourth-order valence-corrected chi connectivity index (χ4v) is 5.07. The number of sulfone groups is 1. The first-order chi connectivity index (χ1) is 12.8. The van der Waals surface area contributed by atoms with E-state index >= 15 is 0 Å². The summed E-state index contributed by atoms with van der Waals surface area (Å²) >= 11 is 3.31. The number of thiazole rings is 1. The normalized spacial score (nSPS) is 11.5. The Morgan fingerprint density at radius 3 is 2.74 bits per heavy atom. The van der Waals surface area contributed by atoms with Gasteiger partial charge in [-0.3, -0.25) is 4.79 Å². The molecule has 0 saturated heterocycles. The minimum Gasteiger partial charge on any atom is -0.352 e. The Morgan fingerprint density at radius 2 is 2.04 bits per heavy atom. The maximum atomic E-state index is 12.3. The van der Waals surface area contributed by atoms with Gasteiger partial charge in [0, 0.05) is 28.6 Å². The van der Waals surface area contributed by atoms with Crippen LogP contribution in [0.25, 0.3) is 10.6 Å². The summed E-state index contributed by atoms with van der Waals surface area (Å²) in [5.41, 5.74) is 2.09. The Labute approximate surface area is 167 Å². The van der Waals surface area contributed by atoms with Gasteiger partial charge in [0.1, 0.15) is 0 Å². The molecule has 8 heteroatoms. The van der Waals surface area contributed by atoms with Gasteiger partial charge >= 0.3 is 0 Å². The number of nitrogens with one attached hydrogen (secondary N) is 1. The highest BCUT2D eigenvalue weighted by Gasteiger charge is 2.10. The first-order valence-corrected chi connectivity index (χ1v) is 12.1. The average molecular weight is 421 g/mol. The fraction of sp³-hybridized carbons (Fsp3) is 0.263. The van der Waals surface area contributed by atoms with Crippen LogP contribution in [0, 0.1) is 6.92 Å². The molecule has 2 aromatic heterocycles. The molecule has 0 aliphatic carbocycles. The smallest absolute Gasteiger partial charge is 0.251 e. The lowest BCUT2D eigenvalue weighted by Gasteiger charge is -2.06. The van der Waals surface area contributed by atoms with Crippen LogP contribution in [0.5, 0.6) is 0 Å². The number of hydrogen-bond acceptors (Lipinski definition) is 6. The highest BCUT2D eigenvalue weighted by Crippen LogP contribution is 2.29. The molecule has 0 unspecified atom stereocenters. The van der Waals surface area contributed by atoms with Gasteiger partial charge in [0.05, 0.1) is 21.3 Å². The summed E-state index contributed by atoms with van der Waals surface area (Å²) in [4.78, 5) is 19.1. The predicted molar refractivity (Wildman–Crippen MR) is 111 cm³/mol. The van der Waals surface area contributed by atoms with Crippen LogP contribution in [-0.2, 0) is 22.0 Å². The zero-order valence-corrected chi connectivity index (χ0v) is 17.5. The number of nitrogens with zero attached hydrogens (tertiary/aromatic N) is 1. The molecule has 0 bridgehead atoms. The van der Waals surface area contributed by atoms with Crippen LogP contribution in [0.1, 0.15) is 25.8 Å². The third-order valence-electron chi connectivity index (χ3n) is 3.81. The first-order valence-electron chi connectivity index (χ1n) is 8.36. The van der Waals surface area contributed by atoms with E-state index in [1.807, 2.05) is 6.92 Å². The van der Waals surface area contributed by atoms with E-state index < -0.39 is 9.84 Å². The van der Waals surface area contributed by atoms with E-state index in [-0.39, 0.29) is 11.7 Å². The molecule has 1 N–H and O–H groups in total. The molecule has 0 aliphatic rings. The van der Waals surface area contributed by atoms with Crippen molar-refractivity contribution in [1.29, 1.82) is 0 Å². The van der Waals surface area contributed by atoms with E-state index in [9.17, 15) is 13.2 Å². The molecule has 0 radical (unpaired) electrons. The molecule has 0 fully saturated rings. The molecule has 5 nitrogen and oxygen atoms in total. The standard InChI is InChI=1S/C19H20N2O3S3/c1-13-21-17(11-25-13)18-7-6-16(26-18)8-9-20-19(22)15-5-3-4-14(10-15)12-27(2,23)24/h3-7,10-11H,8-9,12H2,1-2H3,(H,20,22). The molecule has 2 heterocycles. The SMILES string of the molecule is Cc1nc(-c2ccc(CCNC(=O)c3cccc(CS(C)(=O)=O)c3)s2)cs1. The van der Waals surface area contributed by atoms with Crippen molar-refractivity contribution >= 4 is 38.4 Å². The van der Waals surface area contributed by atoms with Crippen molar-refractivity contribution in [2.75, 3.05) is 12.8 Å². The van der Waals surface area contributed by atoms with Gasteiger partial charge in [0.2, 0.25) is 0 Å². The first kappa shape index (κ1) is 19.7. The summed E-state index contributed by atoms with van der Waals surface area (Å²) in [7, 11) is -3.13. The van der Waals surface area contributed by atoms with Gasteiger partial charge in [-0.05, 0) is 43.2 Å². The van der Waals surface area contributed by atoms with E-state index in [1.54, 1.807) is 46.9 Å². The Bertz CT molecular complexity index is 1050. The Morgan fingerprint density at radius 1 is 1.22 bits per heavy atom. The topological polar surface area (TPSA) is 76.1 Å². The molecule has 0 saturated carbocycles. The van der Waals surface area contributed by atoms with E-state index in [2.05, 4.69) is 27.8 Å². The number of aryl methyl sites for hydroxylation is 1. The van der Waals surface area contributed by atoms with Crippen molar-refractivity contribution in [3.63, 3.8) is 0 Å². The molecule has 27 heavy (non-hydrogen) atoms. The summed E-state index contributed by atoms with van der Waals surface area (Å²) in [5, 5.41) is 5.99. The lowest BCUT2D eigenvalue weighted by atomic mass is 10.1. The quantitative estimate of drug-likeness (QED) is 0.632. The largest absolute Gasteiger partial charge is 0.352 e. The van der Waals surface area contributed by atoms with Crippen molar-refractivity contribution in [1.82, 2.24) is 10.3 Å². The number of amides is 1. The van der Waals surface area contributed by atoms with Crippen molar-refractivity contribution in [2.24, 2.45) is 0 Å². The monoisotopic (exact) mass is 420 g/mol. The molecule has 0 spiro atoms. The summed E-state index contributed by atoms with van der Waals surface area (Å²) in [5.74, 6) is -0.264. The van der Waals surface area contributed by atoms with Crippen molar-refractivity contribution in [3.05, 3.63) is 62.8 Å². The minimum absolute atomic E-state index is 0.0673. The van der Waals surface area contributed by atoms with Crippen molar-refractivity contribution in [2.45, 2.75) is 19.1 Å². The number of aromatic nitrogens is 1. The van der Waals surface area contributed by atoms with Crippen molar-refractivity contribution < 1.29 is 13.2 Å². The zero-order valence-electron chi connectivity index (χ0n) is 15.1. The predicted octanol–water partition coefficient (Wildman–Crippen LogP) is 3.70. The third kappa shape index (κ3) is 5.72. The molecule has 142 valence electrons. The van der Waals surface area contributed by atoms with Crippen LogP contribution >= 0.6 is 22.7 Å². The average Bonchev–Trinajstić information content (AvgIpc) is 3.22. The number of carbonyl (C=O) groups excluding carboxylic acids is 1. The summed E-state index contributed by atoms with van der Waals surface area (Å²) in [6.07, 6.45) is 1.92. The van der Waals surface area contributed by atoms with Crippen LogP contribution in [0.3, 0.4) is 0 Å². The minimum atomic E-state index is -3.13. The highest BCUT2D eigenvalue weighted by molar-refractivity contribution is 7.89. The molecule has 0 aliphatic heterocycles. The van der Waals surface area contributed by atoms with Gasteiger partial charge in [0.25, 0.3) is 5.91 Å². The summed E-state index contributed by atoms with van der Waals surface area (Å²) in [6.45, 7) is 2.51. The van der Waals surface area contributed by atoms with E-state index in [0.29, 0.717) is 17.7 Å². The Hall–Kier alpha value is -2.03. The van der Waals surface area contributed by atoms with Crippen LogP contribution in [0.4, 0.5) is 0 Å². The van der Waals surface area contributed by atoms with Gasteiger partial charge < -0.3 is 5.32 Å². The van der Waals surface area contributed by atoms with Crippen LogP contribution < -0.4 is 5.32 Å². The fourth-order valence-electron chi connectivity index (χ4n) is 2.63. The molecule has 3 aromatic rings. The number of rotatable bonds is 7. The third-order valence-corrected chi connectivity index (χ3v) is 6.61. The summed E-state index contributed by atoms with van der Waals surface area (Å²) in [6, 6.07) is 10.9. The molecule has 1 aromatic carbocycles. The number of benzene rings is 1. The lowest BCUT2D eigenvalue weighted by Crippen LogP contribution is -2.25. The van der Waals surface area contributed by atoms with E-state index in [4.69, 9.17) is 0 Å². The summed E-state index contributed by atoms with van der Waals surface area (Å²) < 4.78 is 22.8. The molecule has 0 atom stereocenters. The van der Waals surface area contributed by atoms with Gasteiger partial charge in [0.15, 0.2) is 9.84 Å². The molecular weight excluding hydrogens is 400 g/mol. The molecule has 3 rings (SSSR count).